The molecule has 0 saturated carbocycles. The number of allylic oxidation sites excluding steroid dienone is 2. The van der Waals surface area contributed by atoms with Gasteiger partial charge in [-0.2, -0.15) is 5.10 Å². The number of nitrogens with one attached hydrogen (secondary N) is 1. The minimum absolute atomic E-state index is 0.0793. The van der Waals surface area contributed by atoms with Crippen LogP contribution in [0.2, 0.25) is 0 Å². The number of Topliss-reactive ketones (excluding diaryl/α,β-unsaturated/α-hetero) is 1. The summed E-state index contributed by atoms with van der Waals surface area (Å²) >= 11 is 1.44. The number of ketones is 1. The summed E-state index contributed by atoms with van der Waals surface area (Å²) in [6, 6.07) is 3.69. The lowest BCUT2D eigenvalue weighted by molar-refractivity contribution is -0.125. The molecule has 1 aliphatic rings. The van der Waals surface area contributed by atoms with Crippen molar-refractivity contribution in [3.8, 4) is 0 Å². The molecule has 0 radical (unpaired) electrons. The number of hydrogen-bond donors (Lipinski definition) is 1. The molecule has 0 bridgehead atoms. The molecule has 106 valence electrons. The van der Waals surface area contributed by atoms with E-state index >= 15 is 0 Å². The average molecular weight is 291 g/mol. The summed E-state index contributed by atoms with van der Waals surface area (Å²) in [5, 5.41) is 5.29. The van der Waals surface area contributed by atoms with Gasteiger partial charge >= 0.3 is 0 Å². The Balaban J connectivity index is 2.01. The third kappa shape index (κ3) is 3.33. The fourth-order valence-corrected chi connectivity index (χ4v) is 2.82. The molecule has 1 aliphatic heterocycles. The van der Waals surface area contributed by atoms with Crippen LogP contribution in [0.15, 0.2) is 34.4 Å². The number of carbonyl (C=O) groups is 2. The highest BCUT2D eigenvalue weighted by Gasteiger charge is 2.26. The normalized spacial score (nSPS) is 18.4. The number of hydrazone groups is 1. The fourth-order valence-electron chi connectivity index (χ4n) is 2.16. The standard InChI is InChI=1S/C14H17N3O2S/c1-10-5-6-11(14(19)16-15-2)8-17(10)9-12(18)13-4-3-7-20-13/h3-5,7,11H,2,6,8-9H2,1H3,(H,16,19). The Morgan fingerprint density at radius 1 is 1.60 bits per heavy atom. The molecule has 20 heavy (non-hydrogen) atoms. The molecule has 0 aromatic carbocycles. The summed E-state index contributed by atoms with van der Waals surface area (Å²) in [7, 11) is 0. The van der Waals surface area contributed by atoms with Gasteiger partial charge in [-0.3, -0.25) is 9.59 Å². The minimum atomic E-state index is -0.194. The number of thiophene rings is 1. The minimum Gasteiger partial charge on any atom is -0.367 e. The van der Waals surface area contributed by atoms with Crippen LogP contribution in [0, 0.1) is 5.92 Å². The van der Waals surface area contributed by atoms with Gasteiger partial charge in [-0.05, 0) is 24.8 Å². The van der Waals surface area contributed by atoms with E-state index in [4.69, 9.17) is 0 Å². The Hall–Kier alpha value is -1.95. The SMILES string of the molecule is C=NNC(=O)C1CC=C(C)N(CC(=O)c2cccs2)C1. The fraction of sp³-hybridized carbons (Fsp3) is 0.357. The summed E-state index contributed by atoms with van der Waals surface area (Å²) in [6.45, 7) is 6.04. The Bertz CT molecular complexity index is 537. The molecule has 2 heterocycles. The van der Waals surface area contributed by atoms with E-state index in [1.165, 1.54) is 11.3 Å². The van der Waals surface area contributed by atoms with E-state index in [1.807, 2.05) is 35.4 Å². The third-order valence-corrected chi connectivity index (χ3v) is 4.24. The highest BCUT2D eigenvalue weighted by Crippen LogP contribution is 2.21. The summed E-state index contributed by atoms with van der Waals surface area (Å²) in [5.74, 6) is -0.270. The smallest absolute Gasteiger partial charge is 0.245 e. The van der Waals surface area contributed by atoms with Crippen molar-refractivity contribution >= 4 is 29.7 Å². The van der Waals surface area contributed by atoms with Crippen molar-refractivity contribution in [2.75, 3.05) is 13.1 Å². The van der Waals surface area contributed by atoms with E-state index in [-0.39, 0.29) is 17.6 Å². The van der Waals surface area contributed by atoms with Crippen LogP contribution in [0.4, 0.5) is 0 Å². The molecule has 0 spiro atoms. The van der Waals surface area contributed by atoms with Crippen molar-refractivity contribution in [2.45, 2.75) is 13.3 Å². The number of rotatable bonds is 5. The Kier molecular flexibility index (Phi) is 4.68. The van der Waals surface area contributed by atoms with Gasteiger partial charge in [0.1, 0.15) is 0 Å². The predicted octanol–water partition coefficient (Wildman–Crippen LogP) is 1.89. The topological polar surface area (TPSA) is 61.8 Å². The van der Waals surface area contributed by atoms with Gasteiger partial charge in [0.15, 0.2) is 5.78 Å². The second-order valence-electron chi connectivity index (χ2n) is 4.69. The van der Waals surface area contributed by atoms with Gasteiger partial charge in [0, 0.05) is 19.0 Å². The Labute approximate surface area is 122 Å². The van der Waals surface area contributed by atoms with E-state index in [0.29, 0.717) is 19.5 Å². The first-order valence-corrected chi connectivity index (χ1v) is 7.23. The van der Waals surface area contributed by atoms with Crippen LogP contribution < -0.4 is 5.43 Å². The summed E-state index contributed by atoms with van der Waals surface area (Å²) < 4.78 is 0. The maximum atomic E-state index is 12.1. The van der Waals surface area contributed by atoms with Gasteiger partial charge < -0.3 is 4.90 Å². The van der Waals surface area contributed by atoms with E-state index < -0.39 is 0 Å². The van der Waals surface area contributed by atoms with Gasteiger partial charge in [-0.1, -0.05) is 12.1 Å². The van der Waals surface area contributed by atoms with E-state index in [9.17, 15) is 9.59 Å². The van der Waals surface area contributed by atoms with Crippen LogP contribution in [0.25, 0.3) is 0 Å². The maximum absolute atomic E-state index is 12.1. The number of carbonyl (C=O) groups excluding carboxylic acids is 2. The summed E-state index contributed by atoms with van der Waals surface area (Å²) in [5.41, 5.74) is 3.40. The quantitative estimate of drug-likeness (QED) is 0.512. The molecule has 0 aliphatic carbocycles. The van der Waals surface area contributed by atoms with Gasteiger partial charge in [0.25, 0.3) is 0 Å². The first-order valence-electron chi connectivity index (χ1n) is 6.35. The van der Waals surface area contributed by atoms with Crippen molar-refractivity contribution in [3.63, 3.8) is 0 Å². The van der Waals surface area contributed by atoms with E-state index in [2.05, 4.69) is 17.2 Å². The zero-order valence-electron chi connectivity index (χ0n) is 11.3. The molecule has 1 unspecified atom stereocenters. The number of nitrogens with zero attached hydrogens (tertiary/aromatic N) is 2. The van der Waals surface area contributed by atoms with Crippen molar-refractivity contribution in [3.05, 3.63) is 34.2 Å². The molecule has 0 saturated heterocycles. The lowest BCUT2D eigenvalue weighted by atomic mass is 9.99. The summed E-state index contributed by atoms with van der Waals surface area (Å²) in [4.78, 5) is 26.6. The largest absolute Gasteiger partial charge is 0.367 e. The molecule has 0 fully saturated rings. The molecule has 1 amide bonds. The highest BCUT2D eigenvalue weighted by atomic mass is 32.1. The first-order chi connectivity index (χ1) is 9.61. The van der Waals surface area contributed by atoms with Crippen molar-refractivity contribution in [1.82, 2.24) is 10.3 Å². The van der Waals surface area contributed by atoms with E-state index in [0.717, 1.165) is 10.6 Å². The van der Waals surface area contributed by atoms with Gasteiger partial charge in [0.2, 0.25) is 5.91 Å². The zero-order valence-corrected chi connectivity index (χ0v) is 12.2. The second kappa shape index (κ2) is 6.47. The highest BCUT2D eigenvalue weighted by molar-refractivity contribution is 7.12. The Morgan fingerprint density at radius 3 is 3.05 bits per heavy atom. The first kappa shape index (κ1) is 14.5. The molecule has 1 N–H and O–H groups in total. The molecule has 5 nitrogen and oxygen atoms in total. The molecular formula is C14H17N3O2S. The van der Waals surface area contributed by atoms with Crippen LogP contribution in [-0.4, -0.2) is 36.4 Å². The van der Waals surface area contributed by atoms with Gasteiger partial charge in [-0.25, -0.2) is 5.43 Å². The maximum Gasteiger partial charge on any atom is 0.245 e. The van der Waals surface area contributed by atoms with Crippen molar-refractivity contribution in [1.29, 1.82) is 0 Å². The Morgan fingerprint density at radius 2 is 2.40 bits per heavy atom. The van der Waals surface area contributed by atoms with Crippen LogP contribution in [-0.2, 0) is 4.79 Å². The molecular weight excluding hydrogens is 274 g/mol. The predicted molar refractivity (Wildman–Crippen MR) is 79.8 cm³/mol. The van der Waals surface area contributed by atoms with Crippen LogP contribution in [0.1, 0.15) is 23.0 Å². The van der Waals surface area contributed by atoms with E-state index in [1.54, 1.807) is 0 Å². The molecule has 1 atom stereocenters. The third-order valence-electron chi connectivity index (χ3n) is 3.33. The average Bonchev–Trinajstić information content (AvgIpc) is 2.95. The number of amides is 1. The summed E-state index contributed by atoms with van der Waals surface area (Å²) in [6.07, 6.45) is 2.65. The van der Waals surface area contributed by atoms with Gasteiger partial charge in [0.05, 0.1) is 17.3 Å². The second-order valence-corrected chi connectivity index (χ2v) is 5.64. The van der Waals surface area contributed by atoms with Crippen LogP contribution >= 0.6 is 11.3 Å². The van der Waals surface area contributed by atoms with Crippen LogP contribution in [0.5, 0.6) is 0 Å². The molecule has 1 aromatic rings. The monoisotopic (exact) mass is 291 g/mol. The van der Waals surface area contributed by atoms with Crippen LogP contribution in [0.3, 0.4) is 0 Å². The number of hydrogen-bond acceptors (Lipinski definition) is 5. The zero-order chi connectivity index (χ0) is 14.5. The molecule has 6 heteroatoms. The lowest BCUT2D eigenvalue weighted by Crippen LogP contribution is -2.41. The van der Waals surface area contributed by atoms with Crippen molar-refractivity contribution < 1.29 is 9.59 Å². The van der Waals surface area contributed by atoms with Crippen molar-refractivity contribution in [2.24, 2.45) is 11.0 Å². The lowest BCUT2D eigenvalue weighted by Gasteiger charge is -2.32. The van der Waals surface area contributed by atoms with Gasteiger partial charge in [-0.15, -0.1) is 11.3 Å². The molecule has 1 aromatic heterocycles. The molecule has 2 rings (SSSR count).